The van der Waals surface area contributed by atoms with Crippen LogP contribution in [0, 0.1) is 5.92 Å². The molecule has 2 heterocycles. The molecule has 2 N–H and O–H groups in total. The van der Waals surface area contributed by atoms with Crippen molar-refractivity contribution in [3.8, 4) is 0 Å². The minimum Gasteiger partial charge on any atom is -0.326 e. The SMILES string of the molecule is CCC(N)C(c1ccsc1)N1CCC[C@H]2CCCC[C@H]21. The number of hydrogen-bond acceptors (Lipinski definition) is 3. The second-order valence-electron chi connectivity index (χ2n) is 6.57. The van der Waals surface area contributed by atoms with Crippen LogP contribution in [-0.2, 0) is 0 Å². The molecule has 0 radical (unpaired) electrons. The summed E-state index contributed by atoms with van der Waals surface area (Å²) in [5.41, 5.74) is 7.98. The first-order valence-corrected chi connectivity index (χ1v) is 9.29. The topological polar surface area (TPSA) is 29.3 Å². The summed E-state index contributed by atoms with van der Waals surface area (Å²) in [6.07, 6.45) is 9.56. The van der Waals surface area contributed by atoms with Gasteiger partial charge < -0.3 is 5.73 Å². The van der Waals surface area contributed by atoms with E-state index in [4.69, 9.17) is 5.73 Å². The summed E-state index contributed by atoms with van der Waals surface area (Å²) in [4.78, 5) is 2.78. The van der Waals surface area contributed by atoms with E-state index in [0.29, 0.717) is 6.04 Å². The fraction of sp³-hybridized carbons (Fsp3) is 0.765. The third kappa shape index (κ3) is 2.81. The number of nitrogens with zero attached hydrogens (tertiary/aromatic N) is 1. The molecule has 1 aliphatic carbocycles. The molecule has 3 heteroatoms. The zero-order chi connectivity index (χ0) is 13.9. The van der Waals surface area contributed by atoms with Crippen molar-refractivity contribution >= 4 is 11.3 Å². The highest BCUT2D eigenvalue weighted by Gasteiger charge is 2.38. The molecule has 3 rings (SSSR count). The molecule has 2 nitrogen and oxygen atoms in total. The Morgan fingerprint density at radius 1 is 1.30 bits per heavy atom. The highest BCUT2D eigenvalue weighted by Crippen LogP contribution is 2.40. The van der Waals surface area contributed by atoms with Crippen molar-refractivity contribution in [3.63, 3.8) is 0 Å². The van der Waals surface area contributed by atoms with Gasteiger partial charge in [-0.05, 0) is 67.0 Å². The quantitative estimate of drug-likeness (QED) is 0.902. The summed E-state index contributed by atoms with van der Waals surface area (Å²) in [5.74, 6) is 0.933. The molecule has 0 aromatic carbocycles. The van der Waals surface area contributed by atoms with E-state index in [9.17, 15) is 0 Å². The molecule has 0 amide bonds. The fourth-order valence-corrected chi connectivity index (χ4v) is 5.05. The highest BCUT2D eigenvalue weighted by molar-refractivity contribution is 7.07. The fourth-order valence-electron chi connectivity index (χ4n) is 4.36. The summed E-state index contributed by atoms with van der Waals surface area (Å²) in [6, 6.07) is 3.79. The second kappa shape index (κ2) is 6.59. The summed E-state index contributed by atoms with van der Waals surface area (Å²) >= 11 is 1.81. The van der Waals surface area contributed by atoms with Gasteiger partial charge in [0.2, 0.25) is 0 Å². The average Bonchev–Trinajstić information content (AvgIpc) is 3.01. The van der Waals surface area contributed by atoms with Crippen molar-refractivity contribution in [2.45, 2.75) is 70.0 Å². The molecular weight excluding hydrogens is 264 g/mol. The summed E-state index contributed by atoms with van der Waals surface area (Å²) in [5, 5.41) is 4.51. The van der Waals surface area contributed by atoms with Gasteiger partial charge in [-0.2, -0.15) is 11.3 Å². The largest absolute Gasteiger partial charge is 0.326 e. The van der Waals surface area contributed by atoms with Gasteiger partial charge in [0.05, 0.1) is 6.04 Å². The van der Waals surface area contributed by atoms with Crippen molar-refractivity contribution in [2.75, 3.05) is 6.54 Å². The zero-order valence-corrected chi connectivity index (χ0v) is 13.4. The minimum absolute atomic E-state index is 0.269. The van der Waals surface area contributed by atoms with E-state index in [2.05, 4.69) is 28.7 Å². The maximum absolute atomic E-state index is 6.52. The van der Waals surface area contributed by atoms with Crippen LogP contribution in [0.4, 0.5) is 0 Å². The Balaban J connectivity index is 1.85. The van der Waals surface area contributed by atoms with Crippen LogP contribution in [0.15, 0.2) is 16.8 Å². The number of thiophene rings is 1. The zero-order valence-electron chi connectivity index (χ0n) is 12.6. The summed E-state index contributed by atoms with van der Waals surface area (Å²) in [6.45, 7) is 3.47. The van der Waals surface area contributed by atoms with Gasteiger partial charge in [-0.1, -0.05) is 19.8 Å². The van der Waals surface area contributed by atoms with Crippen LogP contribution in [-0.4, -0.2) is 23.5 Å². The van der Waals surface area contributed by atoms with Crippen LogP contribution in [0.2, 0.25) is 0 Å². The predicted molar refractivity (Wildman–Crippen MR) is 87.0 cm³/mol. The van der Waals surface area contributed by atoms with Crippen molar-refractivity contribution in [2.24, 2.45) is 11.7 Å². The van der Waals surface area contributed by atoms with Crippen molar-refractivity contribution in [1.29, 1.82) is 0 Å². The number of hydrogen-bond donors (Lipinski definition) is 1. The van der Waals surface area contributed by atoms with Crippen molar-refractivity contribution < 1.29 is 0 Å². The monoisotopic (exact) mass is 292 g/mol. The molecule has 1 saturated heterocycles. The maximum Gasteiger partial charge on any atom is 0.0510 e. The molecule has 2 fully saturated rings. The third-order valence-electron chi connectivity index (χ3n) is 5.41. The molecule has 2 aliphatic rings. The number of nitrogens with two attached hydrogens (primary N) is 1. The summed E-state index contributed by atoms with van der Waals surface area (Å²) < 4.78 is 0. The Morgan fingerprint density at radius 3 is 2.85 bits per heavy atom. The Morgan fingerprint density at radius 2 is 2.10 bits per heavy atom. The maximum atomic E-state index is 6.52. The average molecular weight is 292 g/mol. The first-order valence-electron chi connectivity index (χ1n) is 8.34. The van der Waals surface area contributed by atoms with Crippen LogP contribution in [0.25, 0.3) is 0 Å². The van der Waals surface area contributed by atoms with Crippen LogP contribution >= 0.6 is 11.3 Å². The minimum atomic E-state index is 0.269. The number of fused-ring (bicyclic) bond motifs is 1. The van der Waals surface area contributed by atoms with Crippen LogP contribution in [0.1, 0.15) is 63.5 Å². The molecule has 0 spiro atoms. The smallest absolute Gasteiger partial charge is 0.0510 e. The van der Waals surface area contributed by atoms with E-state index in [1.807, 2.05) is 0 Å². The van der Waals surface area contributed by atoms with E-state index >= 15 is 0 Å². The molecule has 1 saturated carbocycles. The van der Waals surface area contributed by atoms with E-state index in [0.717, 1.165) is 18.4 Å². The lowest BCUT2D eigenvalue weighted by Crippen LogP contribution is -2.52. The van der Waals surface area contributed by atoms with E-state index in [-0.39, 0.29) is 6.04 Å². The van der Waals surface area contributed by atoms with Crippen LogP contribution in [0.3, 0.4) is 0 Å². The molecule has 112 valence electrons. The van der Waals surface area contributed by atoms with Gasteiger partial charge in [0.15, 0.2) is 0 Å². The van der Waals surface area contributed by atoms with E-state index in [1.165, 1.54) is 50.6 Å². The standard InChI is InChI=1S/C17H28N2S/c1-2-15(18)17(14-9-11-20-12-14)19-10-5-7-13-6-3-4-8-16(13)19/h9,11-13,15-17H,2-8,10,18H2,1H3/t13-,15?,16-,17?/m1/s1. The normalized spacial score (nSPS) is 30.7. The Kier molecular flexibility index (Phi) is 4.79. The van der Waals surface area contributed by atoms with Crippen molar-refractivity contribution in [3.05, 3.63) is 22.4 Å². The van der Waals surface area contributed by atoms with Gasteiger partial charge >= 0.3 is 0 Å². The third-order valence-corrected chi connectivity index (χ3v) is 6.11. The van der Waals surface area contributed by atoms with E-state index in [1.54, 1.807) is 11.3 Å². The van der Waals surface area contributed by atoms with Gasteiger partial charge in [0.25, 0.3) is 0 Å². The first-order chi connectivity index (χ1) is 9.81. The number of piperidine rings is 1. The molecule has 20 heavy (non-hydrogen) atoms. The summed E-state index contributed by atoms with van der Waals surface area (Å²) in [7, 11) is 0. The van der Waals surface area contributed by atoms with Gasteiger partial charge in [0, 0.05) is 12.1 Å². The molecule has 4 atom stereocenters. The predicted octanol–water partition coefficient (Wildman–Crippen LogP) is 4.18. The molecule has 1 aliphatic heterocycles. The van der Waals surface area contributed by atoms with Gasteiger partial charge in [-0.15, -0.1) is 0 Å². The van der Waals surface area contributed by atoms with Crippen molar-refractivity contribution in [1.82, 2.24) is 4.90 Å². The molecule has 1 aromatic rings. The second-order valence-corrected chi connectivity index (χ2v) is 7.35. The lowest BCUT2D eigenvalue weighted by Gasteiger charge is -2.49. The number of rotatable bonds is 4. The highest BCUT2D eigenvalue weighted by atomic mass is 32.1. The molecular formula is C17H28N2S. The van der Waals surface area contributed by atoms with Crippen LogP contribution < -0.4 is 5.73 Å². The van der Waals surface area contributed by atoms with Gasteiger partial charge in [-0.3, -0.25) is 4.90 Å². The van der Waals surface area contributed by atoms with E-state index < -0.39 is 0 Å². The Bertz CT molecular complexity index is 401. The van der Waals surface area contributed by atoms with Crippen LogP contribution in [0.5, 0.6) is 0 Å². The van der Waals surface area contributed by atoms with Gasteiger partial charge in [0.1, 0.15) is 0 Å². The molecule has 1 aromatic heterocycles. The molecule has 0 bridgehead atoms. The lowest BCUT2D eigenvalue weighted by atomic mass is 9.77. The Labute approximate surface area is 127 Å². The lowest BCUT2D eigenvalue weighted by molar-refractivity contribution is 0.0156. The molecule has 2 unspecified atom stereocenters. The van der Waals surface area contributed by atoms with Gasteiger partial charge in [-0.25, -0.2) is 0 Å². The Hall–Kier alpha value is -0.380. The first kappa shape index (κ1) is 14.6. The number of likely N-dealkylation sites (tertiary alicyclic amines) is 1.